The van der Waals surface area contributed by atoms with Crippen molar-refractivity contribution in [3.63, 3.8) is 0 Å². The van der Waals surface area contributed by atoms with E-state index in [9.17, 15) is 9.90 Å². The zero-order chi connectivity index (χ0) is 12.5. The minimum absolute atomic E-state index is 0.141. The van der Waals surface area contributed by atoms with Crippen molar-refractivity contribution >= 4 is 6.29 Å². The van der Waals surface area contributed by atoms with Crippen LogP contribution < -0.4 is 0 Å². The highest BCUT2D eigenvalue weighted by atomic mass is 16.3. The topological polar surface area (TPSA) is 40.5 Å². The lowest BCUT2D eigenvalue weighted by molar-refractivity contribution is -0.120. The number of hydrogen-bond donors (Lipinski definition) is 1. The lowest BCUT2D eigenvalue weighted by atomic mass is 9.71. The molecule has 0 bridgehead atoms. The maximum absolute atomic E-state index is 11.5. The number of hydrogen-bond acceptors (Lipinski definition) is 3. The molecular weight excluding hydrogens is 214 g/mol. The van der Waals surface area contributed by atoms with E-state index >= 15 is 0 Å². The van der Waals surface area contributed by atoms with Gasteiger partial charge in [0.15, 0.2) is 0 Å². The van der Waals surface area contributed by atoms with Crippen molar-refractivity contribution in [3.8, 4) is 0 Å². The monoisotopic (exact) mass is 239 g/mol. The summed E-state index contributed by atoms with van der Waals surface area (Å²) in [7, 11) is 0. The van der Waals surface area contributed by atoms with Crippen molar-refractivity contribution in [1.29, 1.82) is 0 Å². The van der Waals surface area contributed by atoms with Crippen molar-refractivity contribution in [2.75, 3.05) is 19.6 Å². The molecule has 1 N–H and O–H groups in total. The molecule has 1 aliphatic heterocycles. The van der Waals surface area contributed by atoms with Gasteiger partial charge in [0, 0.05) is 25.0 Å². The molecule has 98 valence electrons. The number of likely N-dealkylation sites (tertiary alicyclic amines) is 1. The zero-order valence-corrected chi connectivity index (χ0v) is 11.1. The Morgan fingerprint density at radius 3 is 2.76 bits per heavy atom. The second kappa shape index (κ2) is 4.69. The molecule has 0 spiro atoms. The highest BCUT2D eigenvalue weighted by Gasteiger charge is 2.40. The summed E-state index contributed by atoms with van der Waals surface area (Å²) in [6.45, 7) is 6.63. The van der Waals surface area contributed by atoms with Gasteiger partial charge in [-0.1, -0.05) is 19.8 Å². The molecule has 3 nitrogen and oxygen atoms in total. The molecule has 1 heterocycles. The standard InChI is InChI=1S/C14H25NO2/c1-12-4-3-5-14(8-12,11-16)10-15-7-6-13(2,17)9-15/h11-12,17H,3-10H2,1-2H3. The first kappa shape index (κ1) is 13.0. The summed E-state index contributed by atoms with van der Waals surface area (Å²) >= 11 is 0. The van der Waals surface area contributed by atoms with E-state index in [4.69, 9.17) is 0 Å². The molecule has 3 unspecified atom stereocenters. The first-order valence-electron chi connectivity index (χ1n) is 6.86. The molecular formula is C14H25NO2. The molecule has 1 aliphatic carbocycles. The molecule has 2 fully saturated rings. The Kier molecular flexibility index (Phi) is 3.60. The van der Waals surface area contributed by atoms with Crippen LogP contribution in [0.3, 0.4) is 0 Å². The van der Waals surface area contributed by atoms with Crippen LogP contribution in [0, 0.1) is 11.3 Å². The van der Waals surface area contributed by atoms with E-state index in [0.29, 0.717) is 5.92 Å². The van der Waals surface area contributed by atoms with E-state index in [0.717, 1.165) is 38.9 Å². The average molecular weight is 239 g/mol. The molecule has 1 saturated carbocycles. The van der Waals surface area contributed by atoms with Crippen LogP contribution in [0.1, 0.15) is 46.0 Å². The summed E-state index contributed by atoms with van der Waals surface area (Å²) in [5.74, 6) is 0.664. The Hall–Kier alpha value is -0.410. The fourth-order valence-corrected chi connectivity index (χ4v) is 3.61. The Morgan fingerprint density at radius 1 is 1.47 bits per heavy atom. The van der Waals surface area contributed by atoms with E-state index in [-0.39, 0.29) is 5.41 Å². The van der Waals surface area contributed by atoms with Gasteiger partial charge in [0.1, 0.15) is 6.29 Å². The Labute approximate surface area is 104 Å². The minimum Gasteiger partial charge on any atom is -0.389 e. The number of aldehydes is 1. The van der Waals surface area contributed by atoms with E-state index in [1.807, 2.05) is 6.92 Å². The molecule has 0 amide bonds. The summed E-state index contributed by atoms with van der Waals surface area (Å²) in [6.07, 6.45) is 6.50. The third-order valence-electron chi connectivity index (χ3n) is 4.45. The summed E-state index contributed by atoms with van der Waals surface area (Å²) in [6, 6.07) is 0. The van der Waals surface area contributed by atoms with Crippen molar-refractivity contribution < 1.29 is 9.90 Å². The van der Waals surface area contributed by atoms with Crippen molar-refractivity contribution in [3.05, 3.63) is 0 Å². The Bertz CT molecular complexity index is 290. The van der Waals surface area contributed by atoms with Crippen LogP contribution in [0.25, 0.3) is 0 Å². The van der Waals surface area contributed by atoms with Crippen LogP contribution >= 0.6 is 0 Å². The second-order valence-electron chi connectivity index (χ2n) is 6.64. The molecule has 2 aliphatic rings. The summed E-state index contributed by atoms with van der Waals surface area (Å²) in [5, 5.41) is 9.97. The fourth-order valence-electron chi connectivity index (χ4n) is 3.61. The molecule has 0 aromatic heterocycles. The van der Waals surface area contributed by atoms with Gasteiger partial charge >= 0.3 is 0 Å². The van der Waals surface area contributed by atoms with Gasteiger partial charge in [-0.05, 0) is 32.1 Å². The maximum atomic E-state index is 11.5. The molecule has 3 heteroatoms. The molecule has 1 saturated heterocycles. The average Bonchev–Trinajstić information content (AvgIpc) is 2.58. The van der Waals surface area contributed by atoms with Crippen molar-refractivity contribution in [2.24, 2.45) is 11.3 Å². The number of rotatable bonds is 3. The normalized spacial score (nSPS) is 43.8. The van der Waals surface area contributed by atoms with E-state index in [1.165, 1.54) is 19.1 Å². The smallest absolute Gasteiger partial charge is 0.127 e. The van der Waals surface area contributed by atoms with Crippen LogP contribution in [-0.4, -0.2) is 41.5 Å². The third kappa shape index (κ3) is 3.08. The van der Waals surface area contributed by atoms with Crippen LogP contribution in [0.4, 0.5) is 0 Å². The number of carbonyl (C=O) groups is 1. The quantitative estimate of drug-likeness (QED) is 0.764. The van der Waals surface area contributed by atoms with E-state index < -0.39 is 5.60 Å². The third-order valence-corrected chi connectivity index (χ3v) is 4.45. The predicted molar refractivity (Wildman–Crippen MR) is 67.8 cm³/mol. The van der Waals surface area contributed by atoms with Crippen molar-refractivity contribution in [1.82, 2.24) is 4.90 Å². The summed E-state index contributed by atoms with van der Waals surface area (Å²) in [4.78, 5) is 13.8. The van der Waals surface area contributed by atoms with Crippen LogP contribution in [0.2, 0.25) is 0 Å². The maximum Gasteiger partial charge on any atom is 0.127 e. The van der Waals surface area contributed by atoms with Gasteiger partial charge in [0.2, 0.25) is 0 Å². The minimum atomic E-state index is -0.551. The van der Waals surface area contributed by atoms with Gasteiger partial charge in [-0.3, -0.25) is 4.90 Å². The number of aliphatic hydroxyl groups is 1. The van der Waals surface area contributed by atoms with E-state index in [2.05, 4.69) is 11.8 Å². The number of β-amino-alcohol motifs (C(OH)–C–C–N with tert-alkyl or cyclic N) is 1. The summed E-state index contributed by atoms with van der Waals surface area (Å²) < 4.78 is 0. The van der Waals surface area contributed by atoms with E-state index in [1.54, 1.807) is 0 Å². The van der Waals surface area contributed by atoms with Gasteiger partial charge < -0.3 is 9.90 Å². The largest absolute Gasteiger partial charge is 0.389 e. The molecule has 0 radical (unpaired) electrons. The number of carbonyl (C=O) groups excluding carboxylic acids is 1. The first-order valence-corrected chi connectivity index (χ1v) is 6.86. The molecule has 17 heavy (non-hydrogen) atoms. The zero-order valence-electron chi connectivity index (χ0n) is 11.1. The van der Waals surface area contributed by atoms with Crippen LogP contribution in [0.5, 0.6) is 0 Å². The SMILES string of the molecule is CC1CCCC(C=O)(CN2CCC(C)(O)C2)C1. The highest BCUT2D eigenvalue weighted by molar-refractivity contribution is 5.60. The van der Waals surface area contributed by atoms with Gasteiger partial charge in [-0.15, -0.1) is 0 Å². The highest BCUT2D eigenvalue weighted by Crippen LogP contribution is 2.39. The van der Waals surface area contributed by atoms with Crippen molar-refractivity contribution in [2.45, 2.75) is 51.6 Å². The molecule has 0 aromatic carbocycles. The van der Waals surface area contributed by atoms with Gasteiger partial charge in [-0.2, -0.15) is 0 Å². The predicted octanol–water partition coefficient (Wildman–Crippen LogP) is 1.84. The Morgan fingerprint density at radius 2 is 2.24 bits per heavy atom. The van der Waals surface area contributed by atoms with Gasteiger partial charge in [0.05, 0.1) is 5.60 Å². The van der Waals surface area contributed by atoms with Crippen LogP contribution in [0.15, 0.2) is 0 Å². The lowest BCUT2D eigenvalue weighted by Crippen LogP contribution is -2.42. The lowest BCUT2D eigenvalue weighted by Gasteiger charge is -2.38. The second-order valence-corrected chi connectivity index (χ2v) is 6.64. The van der Waals surface area contributed by atoms with Gasteiger partial charge in [0.25, 0.3) is 0 Å². The van der Waals surface area contributed by atoms with Gasteiger partial charge in [-0.25, -0.2) is 0 Å². The number of nitrogens with zero attached hydrogens (tertiary/aromatic N) is 1. The molecule has 2 rings (SSSR count). The molecule has 3 atom stereocenters. The summed E-state index contributed by atoms with van der Waals surface area (Å²) in [5.41, 5.74) is -0.692. The fraction of sp³-hybridized carbons (Fsp3) is 0.929. The Balaban J connectivity index is 1.97. The van der Waals surface area contributed by atoms with Crippen LogP contribution in [-0.2, 0) is 4.79 Å². The molecule has 0 aromatic rings. The first-order chi connectivity index (χ1) is 7.95.